The quantitative estimate of drug-likeness (QED) is 0.585. The van der Waals surface area contributed by atoms with E-state index in [0.29, 0.717) is 12.4 Å². The minimum atomic E-state index is 0.489. The van der Waals surface area contributed by atoms with Gasteiger partial charge in [-0.15, -0.1) is 0 Å². The van der Waals surface area contributed by atoms with E-state index in [0.717, 1.165) is 61.3 Å². The summed E-state index contributed by atoms with van der Waals surface area (Å²) in [5, 5.41) is 3.03. The lowest BCUT2D eigenvalue weighted by molar-refractivity contribution is -0.909. The molecule has 0 amide bonds. The highest BCUT2D eigenvalue weighted by atomic mass is 35.5. The first-order chi connectivity index (χ1) is 13.8. The summed E-state index contributed by atoms with van der Waals surface area (Å²) < 4.78 is 16.9. The molecule has 1 aliphatic rings. The Bertz CT molecular complexity index is 721. The Morgan fingerprint density at radius 1 is 1.11 bits per heavy atom. The highest BCUT2D eigenvalue weighted by molar-refractivity contribution is 6.31. The number of rotatable bonds is 10. The van der Waals surface area contributed by atoms with Crippen LogP contribution >= 0.6 is 11.6 Å². The Kier molecular flexibility index (Phi) is 8.42. The highest BCUT2D eigenvalue weighted by Crippen LogP contribution is 2.33. The molecule has 1 heterocycles. The van der Waals surface area contributed by atoms with Crippen molar-refractivity contribution in [2.75, 3.05) is 46.5 Å². The zero-order chi connectivity index (χ0) is 19.6. The minimum Gasteiger partial charge on any atom is -0.493 e. The molecule has 0 atom stereocenters. The van der Waals surface area contributed by atoms with Crippen LogP contribution in [0.4, 0.5) is 0 Å². The average molecular weight is 407 g/mol. The fourth-order valence-electron chi connectivity index (χ4n) is 3.41. The van der Waals surface area contributed by atoms with Crippen molar-refractivity contribution in [2.24, 2.45) is 0 Å². The lowest BCUT2D eigenvalue weighted by Crippen LogP contribution is -3.14. The van der Waals surface area contributed by atoms with E-state index < -0.39 is 0 Å². The highest BCUT2D eigenvalue weighted by Gasteiger charge is 2.14. The molecule has 5 nitrogen and oxygen atoms in total. The molecule has 0 bridgehead atoms. The van der Waals surface area contributed by atoms with Gasteiger partial charge in [0.05, 0.1) is 38.4 Å². The van der Waals surface area contributed by atoms with Crippen LogP contribution in [0.2, 0.25) is 5.02 Å². The molecule has 2 aromatic carbocycles. The molecule has 1 aliphatic heterocycles. The number of hydrogen-bond donors (Lipinski definition) is 2. The second-order valence-electron chi connectivity index (χ2n) is 7.12. The van der Waals surface area contributed by atoms with Crippen molar-refractivity contribution in [1.82, 2.24) is 0 Å². The number of halogens is 1. The molecule has 3 N–H and O–H groups in total. The fraction of sp³-hybridized carbons (Fsp3) is 0.455. The van der Waals surface area contributed by atoms with E-state index in [9.17, 15) is 0 Å². The molecule has 0 radical (unpaired) electrons. The summed E-state index contributed by atoms with van der Waals surface area (Å²) in [7, 11) is 1.66. The van der Waals surface area contributed by atoms with E-state index in [1.165, 1.54) is 13.0 Å². The van der Waals surface area contributed by atoms with Crippen LogP contribution < -0.4 is 19.7 Å². The zero-order valence-corrected chi connectivity index (χ0v) is 17.3. The number of nitrogens with one attached hydrogen (secondary N) is 1. The van der Waals surface area contributed by atoms with Gasteiger partial charge in [-0.25, -0.2) is 0 Å². The number of quaternary nitrogens is 2. The molecule has 6 heteroatoms. The van der Waals surface area contributed by atoms with Gasteiger partial charge in [-0.05, 0) is 11.6 Å². The van der Waals surface area contributed by atoms with Crippen molar-refractivity contribution in [1.29, 1.82) is 0 Å². The molecule has 0 saturated carbocycles. The van der Waals surface area contributed by atoms with Crippen molar-refractivity contribution in [2.45, 2.75) is 19.6 Å². The van der Waals surface area contributed by atoms with Crippen LogP contribution in [-0.2, 0) is 17.9 Å². The number of nitrogens with two attached hydrogens (primary N) is 1. The predicted molar refractivity (Wildman–Crippen MR) is 110 cm³/mol. The van der Waals surface area contributed by atoms with Crippen LogP contribution in [0.25, 0.3) is 0 Å². The molecular weight excluding hydrogens is 376 g/mol. The first kappa shape index (κ1) is 20.9. The van der Waals surface area contributed by atoms with Crippen LogP contribution in [0, 0.1) is 0 Å². The van der Waals surface area contributed by atoms with Gasteiger partial charge in [-0.1, -0.05) is 41.9 Å². The lowest BCUT2D eigenvalue weighted by Gasteiger charge is -2.23. The molecule has 152 valence electrons. The number of morpholine rings is 1. The van der Waals surface area contributed by atoms with Gasteiger partial charge in [0.1, 0.15) is 26.2 Å². The molecule has 0 unspecified atom stereocenters. The SMILES string of the molecule is COc1cc(C[NH2+]CCC[NH+]2CCOCC2)c(Cl)cc1OCc1ccccc1. The van der Waals surface area contributed by atoms with Crippen LogP contribution in [0.15, 0.2) is 42.5 Å². The van der Waals surface area contributed by atoms with E-state index in [4.69, 9.17) is 25.8 Å². The molecule has 1 saturated heterocycles. The first-order valence-electron chi connectivity index (χ1n) is 10.0. The summed E-state index contributed by atoms with van der Waals surface area (Å²) in [5.74, 6) is 1.40. The van der Waals surface area contributed by atoms with E-state index >= 15 is 0 Å². The Labute approximate surface area is 172 Å². The second-order valence-corrected chi connectivity index (χ2v) is 7.52. The van der Waals surface area contributed by atoms with Crippen LogP contribution in [0.5, 0.6) is 11.5 Å². The number of methoxy groups -OCH3 is 1. The molecule has 3 rings (SSSR count). The molecule has 2 aromatic rings. The van der Waals surface area contributed by atoms with E-state index in [-0.39, 0.29) is 0 Å². The summed E-state index contributed by atoms with van der Waals surface area (Å²) in [4.78, 5) is 1.65. The van der Waals surface area contributed by atoms with Gasteiger partial charge < -0.3 is 24.4 Å². The molecular formula is C22H31ClN2O3+2. The summed E-state index contributed by atoms with van der Waals surface area (Å²) in [6.07, 6.45) is 1.20. The first-order valence-corrected chi connectivity index (χ1v) is 10.4. The predicted octanol–water partition coefficient (Wildman–Crippen LogP) is 1.30. The van der Waals surface area contributed by atoms with Gasteiger partial charge in [-0.3, -0.25) is 0 Å². The second kappa shape index (κ2) is 11.3. The maximum Gasteiger partial charge on any atom is 0.163 e. The summed E-state index contributed by atoms with van der Waals surface area (Å²) in [6.45, 7) is 7.69. The van der Waals surface area contributed by atoms with Gasteiger partial charge in [0.15, 0.2) is 11.5 Å². The van der Waals surface area contributed by atoms with E-state index in [2.05, 4.69) is 5.32 Å². The van der Waals surface area contributed by atoms with Crippen LogP contribution in [0.3, 0.4) is 0 Å². The van der Waals surface area contributed by atoms with E-state index in [1.807, 2.05) is 42.5 Å². The Hall–Kier alpha value is -1.79. The van der Waals surface area contributed by atoms with Crippen molar-refractivity contribution in [3.63, 3.8) is 0 Å². The number of benzene rings is 2. The van der Waals surface area contributed by atoms with Crippen molar-refractivity contribution in [3.05, 3.63) is 58.6 Å². The Morgan fingerprint density at radius 2 is 1.89 bits per heavy atom. The zero-order valence-electron chi connectivity index (χ0n) is 16.6. The van der Waals surface area contributed by atoms with Gasteiger partial charge >= 0.3 is 0 Å². The normalized spacial score (nSPS) is 14.8. The van der Waals surface area contributed by atoms with Gasteiger partial charge in [0.2, 0.25) is 0 Å². The monoisotopic (exact) mass is 406 g/mol. The summed E-state index contributed by atoms with van der Waals surface area (Å²) in [5.41, 5.74) is 2.18. The molecule has 0 spiro atoms. The third-order valence-corrected chi connectivity index (χ3v) is 5.42. The number of hydrogen-bond acceptors (Lipinski definition) is 3. The van der Waals surface area contributed by atoms with Crippen LogP contribution in [0.1, 0.15) is 17.5 Å². The van der Waals surface area contributed by atoms with Crippen molar-refractivity contribution in [3.8, 4) is 11.5 Å². The molecule has 0 aliphatic carbocycles. The standard InChI is InChI=1S/C22H29ClN2O3/c1-26-21-14-19(16-24-8-5-9-25-10-12-27-13-11-25)20(23)15-22(21)28-17-18-6-3-2-4-7-18/h2-4,6-7,14-15,24H,5,8-13,16-17H2,1H3/p+2. The molecule has 1 fully saturated rings. The van der Waals surface area contributed by atoms with Crippen molar-refractivity contribution >= 4 is 11.6 Å². The third kappa shape index (κ3) is 6.38. The average Bonchev–Trinajstić information content (AvgIpc) is 2.74. The fourth-order valence-corrected chi connectivity index (χ4v) is 3.64. The van der Waals surface area contributed by atoms with Gasteiger partial charge in [0, 0.05) is 18.1 Å². The minimum absolute atomic E-state index is 0.489. The number of ether oxygens (including phenoxy) is 3. The van der Waals surface area contributed by atoms with Gasteiger partial charge in [0.25, 0.3) is 0 Å². The summed E-state index contributed by atoms with van der Waals surface area (Å²) in [6, 6.07) is 13.9. The largest absolute Gasteiger partial charge is 0.493 e. The summed E-state index contributed by atoms with van der Waals surface area (Å²) >= 11 is 6.50. The lowest BCUT2D eigenvalue weighted by atomic mass is 10.2. The van der Waals surface area contributed by atoms with Gasteiger partial charge in [-0.2, -0.15) is 0 Å². The Morgan fingerprint density at radius 3 is 2.64 bits per heavy atom. The smallest absolute Gasteiger partial charge is 0.163 e. The van der Waals surface area contributed by atoms with Crippen molar-refractivity contribution < 1.29 is 24.4 Å². The topological polar surface area (TPSA) is 48.7 Å². The molecule has 28 heavy (non-hydrogen) atoms. The maximum absolute atomic E-state index is 6.50. The Balaban J connectivity index is 1.48. The third-order valence-electron chi connectivity index (χ3n) is 5.07. The molecule has 0 aromatic heterocycles. The van der Waals surface area contributed by atoms with Crippen LogP contribution in [-0.4, -0.2) is 46.5 Å². The maximum atomic E-state index is 6.50. The van der Waals surface area contributed by atoms with E-state index in [1.54, 1.807) is 12.0 Å².